The van der Waals surface area contributed by atoms with E-state index in [4.69, 9.17) is 0 Å². The van der Waals surface area contributed by atoms with Gasteiger partial charge in [0.25, 0.3) is 5.91 Å². The second-order valence-corrected chi connectivity index (χ2v) is 7.34. The Balaban J connectivity index is 1.51. The molecule has 0 unspecified atom stereocenters. The zero-order valence-electron chi connectivity index (χ0n) is 15.6. The van der Waals surface area contributed by atoms with Crippen LogP contribution in [0, 0.1) is 0 Å². The number of carbonyl (C=O) groups excluding carboxylic acids is 1. The second kappa shape index (κ2) is 8.63. The van der Waals surface area contributed by atoms with Gasteiger partial charge in [-0.3, -0.25) is 9.69 Å². The number of piperidine rings is 1. The fraction of sp³-hybridized carbons (Fsp3) is 0.684. The monoisotopic (exact) mass is 345 g/mol. The van der Waals surface area contributed by atoms with Gasteiger partial charge in [0.05, 0.1) is 0 Å². The number of anilines is 1. The minimum absolute atomic E-state index is 0.00226. The van der Waals surface area contributed by atoms with Crippen LogP contribution in [0.2, 0.25) is 0 Å². The highest BCUT2D eigenvalue weighted by Crippen LogP contribution is 2.23. The summed E-state index contributed by atoms with van der Waals surface area (Å²) in [6.45, 7) is 9.26. The van der Waals surface area contributed by atoms with Crippen molar-refractivity contribution in [2.75, 3.05) is 57.8 Å². The lowest BCUT2D eigenvalue weighted by Crippen LogP contribution is -2.46. The molecule has 25 heavy (non-hydrogen) atoms. The number of piperazine rings is 1. The smallest absolute Gasteiger partial charge is 0.251 e. The van der Waals surface area contributed by atoms with Crippen LogP contribution in [0.4, 0.5) is 5.82 Å². The Bertz CT molecular complexity index is 571. The van der Waals surface area contributed by atoms with Crippen LogP contribution < -0.4 is 10.2 Å². The highest BCUT2D eigenvalue weighted by atomic mass is 16.1. The molecule has 1 atom stereocenters. The molecule has 1 N–H and O–H groups in total. The van der Waals surface area contributed by atoms with Crippen molar-refractivity contribution in [2.24, 2.45) is 0 Å². The van der Waals surface area contributed by atoms with E-state index in [1.54, 1.807) is 6.20 Å². The molecule has 3 heterocycles. The van der Waals surface area contributed by atoms with E-state index >= 15 is 0 Å². The van der Waals surface area contributed by atoms with E-state index in [-0.39, 0.29) is 5.91 Å². The van der Waals surface area contributed by atoms with Gasteiger partial charge in [0, 0.05) is 63.6 Å². The first-order chi connectivity index (χ1) is 12.1. The summed E-state index contributed by atoms with van der Waals surface area (Å²) in [4.78, 5) is 24.0. The zero-order valence-corrected chi connectivity index (χ0v) is 15.6. The molecule has 3 rings (SSSR count). The Kier molecular flexibility index (Phi) is 6.26. The summed E-state index contributed by atoms with van der Waals surface area (Å²) in [6, 6.07) is 4.24. The van der Waals surface area contributed by atoms with Crippen LogP contribution in [0.1, 0.15) is 36.5 Å². The van der Waals surface area contributed by atoms with E-state index in [2.05, 4.69) is 39.0 Å². The molecule has 1 aromatic heterocycles. The number of hydrogen-bond donors (Lipinski definition) is 1. The second-order valence-electron chi connectivity index (χ2n) is 7.34. The van der Waals surface area contributed by atoms with Crippen LogP contribution in [-0.4, -0.2) is 79.6 Å². The van der Waals surface area contributed by atoms with Crippen LogP contribution in [-0.2, 0) is 0 Å². The van der Waals surface area contributed by atoms with Gasteiger partial charge in [0.15, 0.2) is 0 Å². The molecule has 2 fully saturated rings. The van der Waals surface area contributed by atoms with Gasteiger partial charge in [0.1, 0.15) is 5.82 Å². The first-order valence-corrected chi connectivity index (χ1v) is 9.55. The number of amides is 1. The van der Waals surface area contributed by atoms with E-state index in [9.17, 15) is 4.79 Å². The molecule has 138 valence electrons. The van der Waals surface area contributed by atoms with Crippen molar-refractivity contribution in [3.8, 4) is 0 Å². The van der Waals surface area contributed by atoms with Crippen LogP contribution in [0.15, 0.2) is 18.3 Å². The standard InChI is InChI=1S/C19H31N5O/c1-16-5-3-4-9-24(16)18-15-17(6-7-20-18)19(25)21-8-10-23-13-11-22(2)12-14-23/h6-7,15-16H,3-5,8-14H2,1-2H3,(H,21,25)/t16-/m0/s1. The van der Waals surface area contributed by atoms with Gasteiger partial charge in [-0.1, -0.05) is 0 Å². The van der Waals surface area contributed by atoms with Gasteiger partial charge in [-0.25, -0.2) is 4.98 Å². The number of aromatic nitrogens is 1. The van der Waals surface area contributed by atoms with Crippen molar-refractivity contribution in [3.05, 3.63) is 23.9 Å². The normalized spacial score (nSPS) is 22.8. The van der Waals surface area contributed by atoms with Crippen molar-refractivity contribution < 1.29 is 4.79 Å². The summed E-state index contributed by atoms with van der Waals surface area (Å²) >= 11 is 0. The van der Waals surface area contributed by atoms with Crippen LogP contribution in [0.25, 0.3) is 0 Å². The van der Waals surface area contributed by atoms with E-state index in [0.717, 1.165) is 45.1 Å². The molecule has 2 aliphatic rings. The van der Waals surface area contributed by atoms with Crippen LogP contribution in [0.5, 0.6) is 0 Å². The van der Waals surface area contributed by atoms with Gasteiger partial charge in [-0.2, -0.15) is 0 Å². The summed E-state index contributed by atoms with van der Waals surface area (Å²) in [6.07, 6.45) is 5.44. The third-order valence-electron chi connectivity index (χ3n) is 5.41. The molecule has 6 nitrogen and oxygen atoms in total. The molecule has 0 spiro atoms. The van der Waals surface area contributed by atoms with Crippen molar-refractivity contribution in [3.63, 3.8) is 0 Å². The molecular formula is C19H31N5O. The van der Waals surface area contributed by atoms with Gasteiger partial charge in [-0.05, 0) is 45.4 Å². The third-order valence-corrected chi connectivity index (χ3v) is 5.41. The van der Waals surface area contributed by atoms with Gasteiger partial charge >= 0.3 is 0 Å². The van der Waals surface area contributed by atoms with Crippen molar-refractivity contribution in [2.45, 2.75) is 32.2 Å². The molecule has 1 aromatic rings. The Morgan fingerprint density at radius 2 is 2.04 bits per heavy atom. The Morgan fingerprint density at radius 1 is 1.24 bits per heavy atom. The molecule has 1 amide bonds. The highest BCUT2D eigenvalue weighted by molar-refractivity contribution is 5.94. The van der Waals surface area contributed by atoms with Crippen molar-refractivity contribution in [1.82, 2.24) is 20.1 Å². The summed E-state index contributed by atoms with van der Waals surface area (Å²) in [5.41, 5.74) is 0.709. The molecule has 0 aromatic carbocycles. The number of pyridine rings is 1. The third kappa shape index (κ3) is 4.92. The fourth-order valence-electron chi connectivity index (χ4n) is 3.66. The first-order valence-electron chi connectivity index (χ1n) is 9.55. The summed E-state index contributed by atoms with van der Waals surface area (Å²) in [7, 11) is 2.16. The number of likely N-dealkylation sites (N-methyl/N-ethyl adjacent to an activating group) is 1. The lowest BCUT2D eigenvalue weighted by Gasteiger charge is -2.34. The molecule has 0 aliphatic carbocycles. The maximum absolute atomic E-state index is 12.5. The molecule has 6 heteroatoms. The predicted octanol–water partition coefficient (Wildman–Crippen LogP) is 1.44. The average Bonchev–Trinajstić information content (AvgIpc) is 2.64. The van der Waals surface area contributed by atoms with E-state index in [0.29, 0.717) is 18.2 Å². The van der Waals surface area contributed by atoms with E-state index in [1.165, 1.54) is 19.3 Å². The van der Waals surface area contributed by atoms with Gasteiger partial charge in [0.2, 0.25) is 0 Å². The number of nitrogens with one attached hydrogen (secondary N) is 1. The largest absolute Gasteiger partial charge is 0.354 e. The predicted molar refractivity (Wildman–Crippen MR) is 101 cm³/mol. The van der Waals surface area contributed by atoms with Gasteiger partial charge < -0.3 is 15.1 Å². The van der Waals surface area contributed by atoms with E-state index in [1.807, 2.05) is 12.1 Å². The number of hydrogen-bond acceptors (Lipinski definition) is 5. The summed E-state index contributed by atoms with van der Waals surface area (Å²) in [5, 5.41) is 3.06. The topological polar surface area (TPSA) is 51.7 Å². The molecule has 0 bridgehead atoms. The summed E-state index contributed by atoms with van der Waals surface area (Å²) in [5.74, 6) is 0.932. The van der Waals surface area contributed by atoms with E-state index < -0.39 is 0 Å². The van der Waals surface area contributed by atoms with Crippen LogP contribution in [0.3, 0.4) is 0 Å². The average molecular weight is 345 g/mol. The first kappa shape index (κ1) is 18.1. The van der Waals surface area contributed by atoms with Crippen LogP contribution >= 0.6 is 0 Å². The fourth-order valence-corrected chi connectivity index (χ4v) is 3.66. The highest BCUT2D eigenvalue weighted by Gasteiger charge is 2.20. The minimum atomic E-state index is 0.00226. The lowest BCUT2D eigenvalue weighted by atomic mass is 10.0. The number of nitrogens with zero attached hydrogens (tertiary/aromatic N) is 4. The molecule has 2 aliphatic heterocycles. The zero-order chi connectivity index (χ0) is 17.6. The maximum Gasteiger partial charge on any atom is 0.251 e. The Morgan fingerprint density at radius 3 is 2.80 bits per heavy atom. The number of carbonyl (C=O) groups is 1. The van der Waals surface area contributed by atoms with Gasteiger partial charge in [-0.15, -0.1) is 0 Å². The lowest BCUT2D eigenvalue weighted by molar-refractivity contribution is 0.0941. The molecule has 2 saturated heterocycles. The molecule has 0 radical (unpaired) electrons. The van der Waals surface area contributed by atoms with Crippen molar-refractivity contribution >= 4 is 11.7 Å². The Labute approximate surface area is 151 Å². The maximum atomic E-state index is 12.5. The quantitative estimate of drug-likeness (QED) is 0.875. The molecular weight excluding hydrogens is 314 g/mol. The number of rotatable bonds is 5. The SMILES string of the molecule is C[C@H]1CCCCN1c1cc(C(=O)NCCN2CCN(C)CC2)ccn1. The summed E-state index contributed by atoms with van der Waals surface area (Å²) < 4.78 is 0. The molecule has 0 saturated carbocycles. The minimum Gasteiger partial charge on any atom is -0.354 e. The Hall–Kier alpha value is -1.66. The van der Waals surface area contributed by atoms with Crippen molar-refractivity contribution in [1.29, 1.82) is 0 Å².